The SMILES string of the molecule is FC(F)(F)C(OCCC1OCCCO1)C(F)(F)F. The van der Waals surface area contributed by atoms with Gasteiger partial charge >= 0.3 is 12.4 Å². The predicted molar refractivity (Wildman–Crippen MR) is 46.8 cm³/mol. The summed E-state index contributed by atoms with van der Waals surface area (Å²) in [5.41, 5.74) is 0. The summed E-state index contributed by atoms with van der Waals surface area (Å²) in [4.78, 5) is 0. The lowest BCUT2D eigenvalue weighted by molar-refractivity contribution is -0.324. The summed E-state index contributed by atoms with van der Waals surface area (Å²) in [7, 11) is 0. The molecule has 1 saturated heterocycles. The first-order valence-electron chi connectivity index (χ1n) is 5.19. The van der Waals surface area contributed by atoms with Gasteiger partial charge < -0.3 is 14.2 Å². The van der Waals surface area contributed by atoms with Crippen molar-refractivity contribution in [2.75, 3.05) is 19.8 Å². The molecule has 0 amide bonds. The molecule has 9 heteroatoms. The van der Waals surface area contributed by atoms with Gasteiger partial charge in [-0.1, -0.05) is 0 Å². The molecule has 0 aromatic carbocycles. The summed E-state index contributed by atoms with van der Waals surface area (Å²) < 4.78 is 86.2. The van der Waals surface area contributed by atoms with E-state index in [0.29, 0.717) is 19.6 Å². The van der Waals surface area contributed by atoms with Crippen LogP contribution in [-0.4, -0.2) is 44.6 Å². The third kappa shape index (κ3) is 4.99. The van der Waals surface area contributed by atoms with Crippen molar-refractivity contribution in [1.82, 2.24) is 0 Å². The molecule has 0 saturated carbocycles. The van der Waals surface area contributed by atoms with Crippen LogP contribution in [0.2, 0.25) is 0 Å². The first kappa shape index (κ1) is 15.5. The maximum atomic E-state index is 12.1. The molecule has 18 heavy (non-hydrogen) atoms. The Hall–Kier alpha value is -0.540. The molecule has 0 atom stereocenters. The van der Waals surface area contributed by atoms with Crippen LogP contribution in [0.5, 0.6) is 0 Å². The lowest BCUT2D eigenvalue weighted by Crippen LogP contribution is -2.44. The molecule has 1 fully saturated rings. The lowest BCUT2D eigenvalue weighted by atomic mass is 10.3. The Morgan fingerprint density at radius 3 is 1.94 bits per heavy atom. The molecular weight excluding hydrogens is 270 g/mol. The summed E-state index contributed by atoms with van der Waals surface area (Å²) in [6.07, 6.45) is -15.1. The van der Waals surface area contributed by atoms with Crippen LogP contribution in [0.25, 0.3) is 0 Å². The van der Waals surface area contributed by atoms with Crippen LogP contribution < -0.4 is 0 Å². The Bertz CT molecular complexity index is 232. The fraction of sp³-hybridized carbons (Fsp3) is 1.00. The molecule has 108 valence electrons. The second-order valence-electron chi connectivity index (χ2n) is 3.65. The van der Waals surface area contributed by atoms with Gasteiger partial charge in [0.05, 0.1) is 19.8 Å². The number of alkyl halides is 6. The third-order valence-corrected chi connectivity index (χ3v) is 2.13. The number of ether oxygens (including phenoxy) is 3. The zero-order valence-electron chi connectivity index (χ0n) is 9.18. The number of hydrogen-bond donors (Lipinski definition) is 0. The van der Waals surface area contributed by atoms with Crippen LogP contribution in [-0.2, 0) is 14.2 Å². The van der Waals surface area contributed by atoms with Crippen molar-refractivity contribution in [1.29, 1.82) is 0 Å². The number of hydrogen-bond acceptors (Lipinski definition) is 3. The van der Waals surface area contributed by atoms with Gasteiger partial charge in [-0.25, -0.2) is 0 Å². The minimum Gasteiger partial charge on any atom is -0.361 e. The molecule has 0 aliphatic carbocycles. The molecule has 1 heterocycles. The maximum absolute atomic E-state index is 12.1. The van der Waals surface area contributed by atoms with Crippen LogP contribution in [0.1, 0.15) is 12.8 Å². The van der Waals surface area contributed by atoms with Gasteiger partial charge in [0, 0.05) is 6.42 Å². The smallest absolute Gasteiger partial charge is 0.361 e. The van der Waals surface area contributed by atoms with Crippen molar-refractivity contribution in [2.24, 2.45) is 0 Å². The Morgan fingerprint density at radius 2 is 1.50 bits per heavy atom. The van der Waals surface area contributed by atoms with Crippen molar-refractivity contribution >= 4 is 0 Å². The summed E-state index contributed by atoms with van der Waals surface area (Å²) >= 11 is 0. The highest BCUT2D eigenvalue weighted by atomic mass is 19.4. The molecule has 0 radical (unpaired) electrons. The third-order valence-electron chi connectivity index (χ3n) is 2.13. The molecule has 0 bridgehead atoms. The van der Waals surface area contributed by atoms with E-state index < -0.39 is 31.4 Å². The van der Waals surface area contributed by atoms with Crippen LogP contribution in [0.4, 0.5) is 26.3 Å². The highest BCUT2D eigenvalue weighted by molar-refractivity contribution is 4.76. The normalized spacial score (nSPS) is 19.5. The molecule has 1 rings (SSSR count). The molecule has 0 aromatic heterocycles. The maximum Gasteiger partial charge on any atom is 0.423 e. The van der Waals surface area contributed by atoms with Gasteiger partial charge in [0.15, 0.2) is 6.29 Å². The van der Waals surface area contributed by atoms with Gasteiger partial charge in [0.1, 0.15) is 0 Å². The minimum atomic E-state index is -5.48. The van der Waals surface area contributed by atoms with Crippen LogP contribution >= 0.6 is 0 Å². The monoisotopic (exact) mass is 282 g/mol. The lowest BCUT2D eigenvalue weighted by Gasteiger charge is -2.26. The minimum absolute atomic E-state index is 0.178. The van der Waals surface area contributed by atoms with Gasteiger partial charge in [-0.2, -0.15) is 26.3 Å². The van der Waals surface area contributed by atoms with Gasteiger partial charge in [-0.05, 0) is 6.42 Å². The van der Waals surface area contributed by atoms with Gasteiger partial charge in [-0.3, -0.25) is 0 Å². The van der Waals surface area contributed by atoms with Crippen molar-refractivity contribution in [3.05, 3.63) is 0 Å². The number of rotatable bonds is 4. The van der Waals surface area contributed by atoms with Crippen molar-refractivity contribution in [2.45, 2.75) is 37.6 Å². The summed E-state index contributed by atoms with van der Waals surface area (Å²) in [6.45, 7) is -0.00632. The second-order valence-corrected chi connectivity index (χ2v) is 3.65. The van der Waals surface area contributed by atoms with E-state index in [1.807, 2.05) is 0 Å². The Kier molecular flexibility index (Phi) is 5.23. The highest BCUT2D eigenvalue weighted by Gasteiger charge is 2.57. The molecule has 3 nitrogen and oxygen atoms in total. The average Bonchev–Trinajstić information content (AvgIpc) is 2.22. The molecule has 0 aromatic rings. The molecule has 0 N–H and O–H groups in total. The van der Waals surface area contributed by atoms with Crippen molar-refractivity contribution in [3.8, 4) is 0 Å². The standard InChI is InChI=1S/C9H12F6O3/c10-8(11,12)7(9(13,14)15)18-5-2-6-16-3-1-4-17-6/h6-7H,1-5H2. The fourth-order valence-electron chi connectivity index (χ4n) is 1.36. The van der Waals surface area contributed by atoms with E-state index in [0.717, 1.165) is 0 Å². The van der Waals surface area contributed by atoms with Gasteiger partial charge in [-0.15, -0.1) is 0 Å². The zero-order valence-corrected chi connectivity index (χ0v) is 9.18. The first-order valence-corrected chi connectivity index (χ1v) is 5.19. The summed E-state index contributed by atoms with van der Waals surface area (Å²) in [6, 6.07) is 0. The molecule has 0 unspecified atom stereocenters. The molecule has 0 spiro atoms. The largest absolute Gasteiger partial charge is 0.423 e. The van der Waals surface area contributed by atoms with E-state index in [1.165, 1.54) is 0 Å². The molecular formula is C9H12F6O3. The van der Waals surface area contributed by atoms with Crippen LogP contribution in [0.3, 0.4) is 0 Å². The first-order chi connectivity index (χ1) is 8.21. The summed E-state index contributed by atoms with van der Waals surface area (Å²) in [5.74, 6) is 0. The van der Waals surface area contributed by atoms with Crippen LogP contribution in [0, 0.1) is 0 Å². The van der Waals surface area contributed by atoms with Crippen molar-refractivity contribution in [3.63, 3.8) is 0 Å². The van der Waals surface area contributed by atoms with E-state index in [1.54, 1.807) is 0 Å². The quantitative estimate of drug-likeness (QED) is 0.742. The van der Waals surface area contributed by atoms with Gasteiger partial charge in [0.25, 0.3) is 0 Å². The van der Waals surface area contributed by atoms with Crippen LogP contribution in [0.15, 0.2) is 0 Å². The van der Waals surface area contributed by atoms with E-state index >= 15 is 0 Å². The van der Waals surface area contributed by atoms with E-state index in [2.05, 4.69) is 4.74 Å². The van der Waals surface area contributed by atoms with Gasteiger partial charge in [0.2, 0.25) is 6.10 Å². The fourth-order valence-corrected chi connectivity index (χ4v) is 1.36. The highest BCUT2D eigenvalue weighted by Crippen LogP contribution is 2.35. The van der Waals surface area contributed by atoms with E-state index in [9.17, 15) is 26.3 Å². The van der Waals surface area contributed by atoms with Crippen molar-refractivity contribution < 1.29 is 40.6 Å². The predicted octanol–water partition coefficient (Wildman–Crippen LogP) is 2.65. The topological polar surface area (TPSA) is 27.7 Å². The average molecular weight is 282 g/mol. The molecule has 1 aliphatic rings. The Morgan fingerprint density at radius 1 is 1.00 bits per heavy atom. The summed E-state index contributed by atoms with van der Waals surface area (Å²) in [5, 5.41) is 0. The Balaban J connectivity index is 2.38. The zero-order chi connectivity index (χ0) is 13.8. The Labute approximate surface area is 99.0 Å². The molecule has 1 aliphatic heterocycles. The van der Waals surface area contributed by atoms with E-state index in [-0.39, 0.29) is 6.42 Å². The number of halogens is 6. The second kappa shape index (κ2) is 6.07. The van der Waals surface area contributed by atoms with E-state index in [4.69, 9.17) is 9.47 Å².